The molecule has 2 aromatic rings. The van der Waals surface area contributed by atoms with E-state index in [1.54, 1.807) is 19.1 Å². The first-order valence-electron chi connectivity index (χ1n) is 4.54. The Kier molecular flexibility index (Phi) is 2.83. The summed E-state index contributed by atoms with van der Waals surface area (Å²) in [7, 11) is -3.58. The van der Waals surface area contributed by atoms with Crippen molar-refractivity contribution in [1.82, 2.24) is 19.3 Å². The average Bonchev–Trinajstić information content (AvgIpc) is 2.60. The Bertz CT molecular complexity index is 622. The molecule has 0 radical (unpaired) electrons. The van der Waals surface area contributed by atoms with E-state index in [-0.39, 0.29) is 10.2 Å². The molecule has 0 unspecified atom stereocenters. The Morgan fingerprint density at radius 2 is 2.25 bits per heavy atom. The van der Waals surface area contributed by atoms with Crippen LogP contribution in [0.4, 0.5) is 0 Å². The molecule has 0 saturated carbocycles. The fourth-order valence-corrected chi connectivity index (χ4v) is 2.50. The summed E-state index contributed by atoms with van der Waals surface area (Å²) < 4.78 is 27.1. The van der Waals surface area contributed by atoms with E-state index in [1.807, 2.05) is 0 Å². The molecule has 0 amide bonds. The van der Waals surface area contributed by atoms with E-state index in [0.717, 1.165) is 0 Å². The Morgan fingerprint density at radius 3 is 2.94 bits per heavy atom. The molecule has 0 aliphatic carbocycles. The topological polar surface area (TPSA) is 76.4 Å². The number of sulfonamides is 1. The van der Waals surface area contributed by atoms with Crippen LogP contribution < -0.4 is 4.72 Å². The molecule has 0 bridgehead atoms. The van der Waals surface area contributed by atoms with Crippen molar-refractivity contribution in [2.24, 2.45) is 0 Å². The normalized spacial score (nSPS) is 12.1. The maximum atomic E-state index is 11.8. The number of hydrogen-bond donors (Lipinski definition) is 1. The first-order valence-corrected chi connectivity index (χ1v) is 6.40. The molecule has 2 heterocycles. The number of aromatic nitrogens is 3. The van der Waals surface area contributed by atoms with E-state index in [1.165, 1.54) is 10.7 Å². The van der Waals surface area contributed by atoms with Crippen LogP contribution in [0.1, 0.15) is 6.92 Å². The van der Waals surface area contributed by atoms with E-state index < -0.39 is 10.0 Å². The molecule has 0 aliphatic heterocycles. The summed E-state index contributed by atoms with van der Waals surface area (Å²) in [4.78, 5) is 3.93. The Hall–Kier alpha value is -1.18. The molecule has 0 atom stereocenters. The largest absolute Gasteiger partial charge is 0.259 e. The lowest BCUT2D eigenvalue weighted by atomic mass is 10.6. The second-order valence-electron chi connectivity index (χ2n) is 3.02. The number of rotatable bonds is 3. The molecule has 0 saturated heterocycles. The fourth-order valence-electron chi connectivity index (χ4n) is 1.28. The Morgan fingerprint density at radius 1 is 1.50 bits per heavy atom. The van der Waals surface area contributed by atoms with Gasteiger partial charge in [-0.1, -0.05) is 18.5 Å². The third-order valence-electron chi connectivity index (χ3n) is 1.91. The highest BCUT2D eigenvalue weighted by molar-refractivity contribution is 7.89. The molecule has 2 aromatic heterocycles. The molecule has 2 rings (SSSR count). The standard InChI is InChI=1S/C8H9ClN4O2S/c1-2-11-16(14,15)8-5-10-7-4-3-6(9)12-13(7)8/h3-5,11H,2H2,1H3. The van der Waals surface area contributed by atoms with Crippen LogP contribution in [0.25, 0.3) is 5.65 Å². The molecule has 0 aromatic carbocycles. The molecule has 0 aliphatic rings. The van der Waals surface area contributed by atoms with E-state index >= 15 is 0 Å². The molecule has 0 fully saturated rings. The van der Waals surface area contributed by atoms with Crippen molar-refractivity contribution in [2.45, 2.75) is 11.9 Å². The smallest absolute Gasteiger partial charge is 0.234 e. The molecule has 86 valence electrons. The van der Waals surface area contributed by atoms with Crippen molar-refractivity contribution >= 4 is 27.3 Å². The van der Waals surface area contributed by atoms with Crippen molar-refractivity contribution in [2.75, 3.05) is 6.54 Å². The van der Waals surface area contributed by atoms with Gasteiger partial charge >= 0.3 is 0 Å². The van der Waals surface area contributed by atoms with Gasteiger partial charge in [-0.25, -0.2) is 18.1 Å². The zero-order valence-electron chi connectivity index (χ0n) is 8.38. The first kappa shape index (κ1) is 11.3. The van der Waals surface area contributed by atoms with Crippen LogP contribution in [-0.4, -0.2) is 29.6 Å². The zero-order chi connectivity index (χ0) is 11.8. The highest BCUT2D eigenvalue weighted by Crippen LogP contribution is 2.13. The second-order valence-corrected chi connectivity index (χ2v) is 5.12. The summed E-state index contributed by atoms with van der Waals surface area (Å²) in [6.07, 6.45) is 1.25. The van der Waals surface area contributed by atoms with E-state index in [4.69, 9.17) is 11.6 Å². The Balaban J connectivity index is 2.66. The first-order chi connectivity index (χ1) is 7.54. The SMILES string of the molecule is CCNS(=O)(=O)c1cnc2ccc(Cl)nn12. The molecule has 16 heavy (non-hydrogen) atoms. The molecule has 8 heteroatoms. The van der Waals surface area contributed by atoms with Gasteiger partial charge in [0.1, 0.15) is 5.15 Å². The van der Waals surface area contributed by atoms with Gasteiger partial charge in [0, 0.05) is 6.54 Å². The van der Waals surface area contributed by atoms with Crippen LogP contribution in [0.2, 0.25) is 5.15 Å². The van der Waals surface area contributed by atoms with Crippen LogP contribution in [0.15, 0.2) is 23.4 Å². The van der Waals surface area contributed by atoms with Crippen LogP contribution in [0.3, 0.4) is 0 Å². The van der Waals surface area contributed by atoms with E-state index in [2.05, 4.69) is 14.8 Å². The van der Waals surface area contributed by atoms with Crippen molar-refractivity contribution < 1.29 is 8.42 Å². The van der Waals surface area contributed by atoms with Crippen molar-refractivity contribution in [3.05, 3.63) is 23.5 Å². The lowest BCUT2D eigenvalue weighted by Gasteiger charge is -2.02. The molecular weight excluding hydrogens is 252 g/mol. The van der Waals surface area contributed by atoms with Gasteiger partial charge in [-0.2, -0.15) is 9.61 Å². The summed E-state index contributed by atoms with van der Waals surface area (Å²) >= 11 is 5.70. The predicted molar refractivity (Wildman–Crippen MR) is 58.9 cm³/mol. The van der Waals surface area contributed by atoms with Crippen LogP contribution in [-0.2, 0) is 10.0 Å². The number of imidazole rings is 1. The number of hydrogen-bond acceptors (Lipinski definition) is 4. The van der Waals surface area contributed by atoms with Gasteiger partial charge < -0.3 is 0 Å². The molecule has 0 spiro atoms. The monoisotopic (exact) mass is 260 g/mol. The summed E-state index contributed by atoms with van der Waals surface area (Å²) in [5.41, 5.74) is 0.431. The summed E-state index contributed by atoms with van der Waals surface area (Å²) in [6, 6.07) is 3.15. The minimum absolute atomic E-state index is 0.0214. The summed E-state index contributed by atoms with van der Waals surface area (Å²) in [5, 5.41) is 4.07. The number of fused-ring (bicyclic) bond motifs is 1. The van der Waals surface area contributed by atoms with Crippen molar-refractivity contribution in [1.29, 1.82) is 0 Å². The van der Waals surface area contributed by atoms with Gasteiger partial charge in [0.2, 0.25) is 0 Å². The lowest BCUT2D eigenvalue weighted by Crippen LogP contribution is -2.24. The van der Waals surface area contributed by atoms with Gasteiger partial charge in [0.05, 0.1) is 6.20 Å². The molecule has 6 nitrogen and oxygen atoms in total. The van der Waals surface area contributed by atoms with Crippen LogP contribution in [0.5, 0.6) is 0 Å². The van der Waals surface area contributed by atoms with Crippen LogP contribution in [0, 0.1) is 0 Å². The maximum Gasteiger partial charge on any atom is 0.259 e. The van der Waals surface area contributed by atoms with Crippen molar-refractivity contribution in [3.63, 3.8) is 0 Å². The molecular formula is C8H9ClN4O2S. The fraction of sp³-hybridized carbons (Fsp3) is 0.250. The minimum atomic E-state index is -3.58. The van der Waals surface area contributed by atoms with Gasteiger partial charge in [-0.3, -0.25) is 0 Å². The third-order valence-corrected chi connectivity index (χ3v) is 3.61. The summed E-state index contributed by atoms with van der Waals surface area (Å²) in [5.74, 6) is 0. The number of nitrogens with zero attached hydrogens (tertiary/aromatic N) is 3. The Labute approximate surface area is 97.3 Å². The van der Waals surface area contributed by atoms with Gasteiger partial charge in [0.15, 0.2) is 10.7 Å². The lowest BCUT2D eigenvalue weighted by molar-refractivity contribution is 0.576. The van der Waals surface area contributed by atoms with Gasteiger partial charge in [-0.05, 0) is 12.1 Å². The number of halogens is 1. The highest BCUT2D eigenvalue weighted by atomic mass is 35.5. The highest BCUT2D eigenvalue weighted by Gasteiger charge is 2.19. The van der Waals surface area contributed by atoms with E-state index in [9.17, 15) is 8.42 Å². The van der Waals surface area contributed by atoms with Crippen LogP contribution >= 0.6 is 11.6 Å². The van der Waals surface area contributed by atoms with Gasteiger partial charge in [-0.15, -0.1) is 0 Å². The summed E-state index contributed by atoms with van der Waals surface area (Å²) in [6.45, 7) is 2.00. The van der Waals surface area contributed by atoms with Crippen molar-refractivity contribution in [3.8, 4) is 0 Å². The maximum absolute atomic E-state index is 11.8. The predicted octanol–water partition coefficient (Wildman–Crippen LogP) is 0.681. The number of nitrogens with one attached hydrogen (secondary N) is 1. The zero-order valence-corrected chi connectivity index (χ0v) is 9.96. The minimum Gasteiger partial charge on any atom is -0.234 e. The quantitative estimate of drug-likeness (QED) is 0.881. The van der Waals surface area contributed by atoms with Gasteiger partial charge in [0.25, 0.3) is 10.0 Å². The second kappa shape index (κ2) is 4.00. The van der Waals surface area contributed by atoms with E-state index in [0.29, 0.717) is 12.2 Å². The average molecular weight is 261 g/mol. The third kappa shape index (κ3) is 1.89. The molecule has 1 N–H and O–H groups in total.